The standard InChI is InChI=1S/C14H27N3S/c1-3-5-6-7-8-9-10-13-16-17-14(18-13)11-12-15-4-2/h15H,3-12H2,1-2H3. The average molecular weight is 269 g/mol. The first-order valence-electron chi connectivity index (χ1n) is 7.38. The van der Waals surface area contributed by atoms with Crippen molar-refractivity contribution in [2.75, 3.05) is 13.1 Å². The van der Waals surface area contributed by atoms with Crippen LogP contribution >= 0.6 is 11.3 Å². The van der Waals surface area contributed by atoms with E-state index in [0.29, 0.717) is 0 Å². The van der Waals surface area contributed by atoms with E-state index in [4.69, 9.17) is 0 Å². The van der Waals surface area contributed by atoms with Crippen LogP contribution in [0.3, 0.4) is 0 Å². The van der Waals surface area contributed by atoms with Crippen LogP contribution in [0.15, 0.2) is 0 Å². The molecular formula is C14H27N3S. The van der Waals surface area contributed by atoms with Crippen LogP contribution in [-0.4, -0.2) is 23.3 Å². The molecule has 1 heterocycles. The highest BCUT2D eigenvalue weighted by Crippen LogP contribution is 2.14. The number of unbranched alkanes of at least 4 members (excludes halogenated alkanes) is 5. The van der Waals surface area contributed by atoms with E-state index >= 15 is 0 Å². The summed E-state index contributed by atoms with van der Waals surface area (Å²) in [5.41, 5.74) is 0. The average Bonchev–Trinajstić information content (AvgIpc) is 2.82. The Hall–Kier alpha value is -0.480. The molecular weight excluding hydrogens is 242 g/mol. The Labute approximate surface area is 115 Å². The molecule has 0 saturated carbocycles. The van der Waals surface area contributed by atoms with Crippen molar-refractivity contribution in [3.8, 4) is 0 Å². The fraction of sp³-hybridized carbons (Fsp3) is 0.857. The lowest BCUT2D eigenvalue weighted by atomic mass is 10.1. The SMILES string of the molecule is CCCCCCCCc1nnc(CCNCC)s1. The second-order valence-corrected chi connectivity index (χ2v) is 5.86. The number of nitrogens with zero attached hydrogens (tertiary/aromatic N) is 2. The zero-order valence-corrected chi connectivity index (χ0v) is 12.7. The summed E-state index contributed by atoms with van der Waals surface area (Å²) >= 11 is 1.79. The molecule has 0 amide bonds. The van der Waals surface area contributed by atoms with Crippen LogP contribution in [0.4, 0.5) is 0 Å². The Bertz CT molecular complexity index is 299. The van der Waals surface area contributed by atoms with Gasteiger partial charge in [0.05, 0.1) is 0 Å². The Balaban J connectivity index is 2.07. The number of aryl methyl sites for hydroxylation is 1. The predicted octanol–water partition coefficient (Wildman–Crippen LogP) is 3.59. The van der Waals surface area contributed by atoms with Crippen LogP contribution < -0.4 is 5.32 Å². The van der Waals surface area contributed by atoms with Gasteiger partial charge in [0.15, 0.2) is 0 Å². The zero-order valence-electron chi connectivity index (χ0n) is 11.9. The van der Waals surface area contributed by atoms with Crippen LogP contribution in [-0.2, 0) is 12.8 Å². The largest absolute Gasteiger partial charge is 0.317 e. The van der Waals surface area contributed by atoms with Crippen molar-refractivity contribution in [2.24, 2.45) is 0 Å². The topological polar surface area (TPSA) is 37.8 Å². The summed E-state index contributed by atoms with van der Waals surface area (Å²) in [4.78, 5) is 0. The first kappa shape index (κ1) is 15.6. The summed E-state index contributed by atoms with van der Waals surface area (Å²) in [6.07, 6.45) is 10.2. The molecule has 0 atom stereocenters. The van der Waals surface area contributed by atoms with Gasteiger partial charge in [-0.25, -0.2) is 0 Å². The van der Waals surface area contributed by atoms with E-state index in [1.54, 1.807) is 11.3 Å². The van der Waals surface area contributed by atoms with E-state index in [9.17, 15) is 0 Å². The van der Waals surface area contributed by atoms with Gasteiger partial charge in [0.1, 0.15) is 10.0 Å². The predicted molar refractivity (Wildman–Crippen MR) is 79.2 cm³/mol. The van der Waals surface area contributed by atoms with Gasteiger partial charge in [0.25, 0.3) is 0 Å². The van der Waals surface area contributed by atoms with Crippen LogP contribution in [0.1, 0.15) is 62.4 Å². The summed E-state index contributed by atoms with van der Waals surface area (Å²) in [6.45, 7) is 6.44. The minimum Gasteiger partial charge on any atom is -0.317 e. The first-order chi connectivity index (χ1) is 8.86. The van der Waals surface area contributed by atoms with Crippen LogP contribution in [0.2, 0.25) is 0 Å². The van der Waals surface area contributed by atoms with Crippen LogP contribution in [0, 0.1) is 0 Å². The molecule has 18 heavy (non-hydrogen) atoms. The van der Waals surface area contributed by atoms with Crippen molar-refractivity contribution in [3.05, 3.63) is 10.0 Å². The lowest BCUT2D eigenvalue weighted by Crippen LogP contribution is -2.15. The van der Waals surface area contributed by atoms with Gasteiger partial charge >= 0.3 is 0 Å². The zero-order chi connectivity index (χ0) is 13.1. The van der Waals surface area contributed by atoms with Crippen molar-refractivity contribution in [1.29, 1.82) is 0 Å². The number of likely N-dealkylation sites (N-methyl/N-ethyl adjacent to an activating group) is 1. The number of nitrogens with one attached hydrogen (secondary N) is 1. The Kier molecular flexibility index (Phi) is 9.04. The normalized spacial score (nSPS) is 11.0. The maximum atomic E-state index is 4.27. The summed E-state index contributed by atoms with van der Waals surface area (Å²) in [7, 11) is 0. The molecule has 1 aromatic rings. The lowest BCUT2D eigenvalue weighted by Gasteiger charge is -1.98. The molecule has 1 aromatic heterocycles. The maximum Gasteiger partial charge on any atom is 0.118 e. The fourth-order valence-electron chi connectivity index (χ4n) is 1.92. The maximum absolute atomic E-state index is 4.27. The highest BCUT2D eigenvalue weighted by Gasteiger charge is 2.03. The molecule has 0 unspecified atom stereocenters. The van der Waals surface area contributed by atoms with E-state index in [1.165, 1.54) is 48.5 Å². The molecule has 0 aliphatic heterocycles. The molecule has 0 aliphatic carbocycles. The Morgan fingerprint density at radius 1 is 0.889 bits per heavy atom. The Morgan fingerprint density at radius 3 is 2.28 bits per heavy atom. The molecule has 0 aromatic carbocycles. The van der Waals surface area contributed by atoms with Crippen LogP contribution in [0.25, 0.3) is 0 Å². The van der Waals surface area contributed by atoms with E-state index in [2.05, 4.69) is 29.4 Å². The second-order valence-electron chi connectivity index (χ2n) is 4.71. The smallest absolute Gasteiger partial charge is 0.118 e. The van der Waals surface area contributed by atoms with Gasteiger partial charge < -0.3 is 5.32 Å². The molecule has 1 N–H and O–H groups in total. The van der Waals surface area contributed by atoms with Gasteiger partial charge in [0.2, 0.25) is 0 Å². The highest BCUT2D eigenvalue weighted by atomic mass is 32.1. The number of hydrogen-bond acceptors (Lipinski definition) is 4. The molecule has 0 saturated heterocycles. The fourth-order valence-corrected chi connectivity index (χ4v) is 2.80. The third kappa shape index (κ3) is 7.07. The minimum atomic E-state index is 1.02. The summed E-state index contributed by atoms with van der Waals surface area (Å²) < 4.78 is 0. The van der Waals surface area contributed by atoms with Crippen molar-refractivity contribution >= 4 is 11.3 Å². The summed E-state index contributed by atoms with van der Waals surface area (Å²) in [5.74, 6) is 0. The molecule has 0 spiro atoms. The molecule has 3 nitrogen and oxygen atoms in total. The monoisotopic (exact) mass is 269 g/mol. The molecule has 104 valence electrons. The van der Waals surface area contributed by atoms with Crippen LogP contribution in [0.5, 0.6) is 0 Å². The van der Waals surface area contributed by atoms with Crippen molar-refractivity contribution in [2.45, 2.75) is 65.2 Å². The van der Waals surface area contributed by atoms with Crippen molar-refractivity contribution in [3.63, 3.8) is 0 Å². The van der Waals surface area contributed by atoms with Gasteiger partial charge in [-0.3, -0.25) is 0 Å². The van der Waals surface area contributed by atoms with Gasteiger partial charge in [-0.2, -0.15) is 0 Å². The lowest BCUT2D eigenvalue weighted by molar-refractivity contribution is 0.606. The molecule has 0 fully saturated rings. The molecule has 0 bridgehead atoms. The molecule has 0 aliphatic rings. The van der Waals surface area contributed by atoms with Crippen molar-refractivity contribution in [1.82, 2.24) is 15.5 Å². The van der Waals surface area contributed by atoms with Crippen molar-refractivity contribution < 1.29 is 0 Å². The molecule has 0 radical (unpaired) electrons. The number of hydrogen-bond donors (Lipinski definition) is 1. The van der Waals surface area contributed by atoms with Gasteiger partial charge in [0, 0.05) is 19.4 Å². The molecule has 4 heteroatoms. The second kappa shape index (κ2) is 10.4. The Morgan fingerprint density at radius 2 is 1.56 bits per heavy atom. The van der Waals surface area contributed by atoms with E-state index in [1.807, 2.05) is 0 Å². The molecule has 1 rings (SSSR count). The van der Waals surface area contributed by atoms with E-state index in [-0.39, 0.29) is 0 Å². The third-order valence-electron chi connectivity index (χ3n) is 3.02. The van der Waals surface area contributed by atoms with E-state index in [0.717, 1.165) is 25.9 Å². The summed E-state index contributed by atoms with van der Waals surface area (Å²) in [6, 6.07) is 0. The highest BCUT2D eigenvalue weighted by molar-refractivity contribution is 7.11. The van der Waals surface area contributed by atoms with Gasteiger partial charge in [-0.15, -0.1) is 21.5 Å². The van der Waals surface area contributed by atoms with Gasteiger partial charge in [-0.05, 0) is 13.0 Å². The van der Waals surface area contributed by atoms with Gasteiger partial charge in [-0.1, -0.05) is 46.0 Å². The summed E-state index contributed by atoms with van der Waals surface area (Å²) in [5, 5.41) is 14.2. The minimum absolute atomic E-state index is 1.02. The van der Waals surface area contributed by atoms with E-state index < -0.39 is 0 Å². The third-order valence-corrected chi connectivity index (χ3v) is 4.06. The quantitative estimate of drug-likeness (QED) is 0.624. The number of rotatable bonds is 11. The first-order valence-corrected chi connectivity index (χ1v) is 8.20. The number of aromatic nitrogens is 2.